The van der Waals surface area contributed by atoms with E-state index in [9.17, 15) is 0 Å². The molecule has 0 amide bonds. The van der Waals surface area contributed by atoms with E-state index in [1.54, 1.807) is 0 Å². The predicted molar refractivity (Wildman–Crippen MR) is 18.5 cm³/mol. The quantitative estimate of drug-likeness (QED) is 0.443. The van der Waals surface area contributed by atoms with Crippen molar-refractivity contribution >= 4 is 40.4 Å². The Bertz CT molecular complexity index is 11.6. The summed E-state index contributed by atoms with van der Waals surface area (Å²) in [6, 6.07) is 0. The van der Waals surface area contributed by atoms with Gasteiger partial charge in [0.15, 0.2) is 17.4 Å². The molecule has 0 atom stereocenters. The summed E-state index contributed by atoms with van der Waals surface area (Å²) in [6.07, 6.45) is 0. The van der Waals surface area contributed by atoms with Crippen molar-refractivity contribution in [2.24, 2.45) is 0 Å². The van der Waals surface area contributed by atoms with Crippen molar-refractivity contribution in [3.05, 3.63) is 0 Å². The second-order valence-electron chi connectivity index (χ2n) is 0. The maximum atomic E-state index is 0. The van der Waals surface area contributed by atoms with E-state index in [2.05, 4.69) is 0 Å². The Hall–Kier alpha value is 3.22. The average molecular weight is 342 g/mol. The van der Waals surface area contributed by atoms with Crippen LogP contribution in [0.25, 0.3) is 0 Å². The molecule has 0 rings (SSSR count). The van der Waals surface area contributed by atoms with Crippen molar-refractivity contribution in [2.45, 2.75) is 0 Å². The normalized spacial score (nSPS) is 0. The Morgan fingerprint density at radius 1 is 1.00 bits per heavy atom. The average Bonchev–Trinajstić information content (AvgIpc) is 0. The summed E-state index contributed by atoms with van der Waals surface area (Å²) >= 11 is 0. The molecule has 0 heterocycles. The number of hydrogen-bond acceptors (Lipinski definition) is 0. The van der Waals surface area contributed by atoms with E-state index in [0.717, 1.165) is 0 Å². The van der Waals surface area contributed by atoms with Crippen LogP contribution in [0, 0.1) is 0 Å². The smallest absolute Gasteiger partial charge is 0 e. The van der Waals surface area contributed by atoms with Crippen LogP contribution >= 0.6 is 0 Å². The molecule has 0 aromatic rings. The summed E-state index contributed by atoms with van der Waals surface area (Å²) in [4.78, 5) is 0. The molecule has 0 saturated heterocycles. The van der Waals surface area contributed by atoms with Crippen molar-refractivity contribution in [3.8, 4) is 0 Å². The van der Waals surface area contributed by atoms with Crippen molar-refractivity contribution in [3.63, 3.8) is 0 Å². The van der Waals surface area contributed by atoms with Gasteiger partial charge in [0.2, 0.25) is 0 Å². The van der Waals surface area contributed by atoms with Gasteiger partial charge in [-0.05, 0) is 0 Å². The monoisotopic (exact) mass is 343 g/mol. The van der Waals surface area contributed by atoms with Crippen molar-refractivity contribution < 1.29 is 60.3 Å². The minimum absolute atomic E-state index is 0. The van der Waals surface area contributed by atoms with Crippen LogP contribution < -0.4 is 0 Å². The van der Waals surface area contributed by atoms with Gasteiger partial charge < -0.3 is 0 Å². The Balaban J connectivity index is 0. The summed E-state index contributed by atoms with van der Waals surface area (Å²) in [5.41, 5.74) is 0. The van der Waals surface area contributed by atoms with Gasteiger partial charge in [-0.25, -0.2) is 0 Å². The molecule has 0 aromatic heterocycles. The third-order valence-corrected chi connectivity index (χ3v) is 0. The van der Waals surface area contributed by atoms with Crippen LogP contribution in [0.5, 0.6) is 0 Å². The second-order valence-corrected chi connectivity index (χ2v) is 0. The molecule has 0 aromatic carbocycles. The molecule has 0 nitrogen and oxygen atoms in total. The van der Waals surface area contributed by atoms with Gasteiger partial charge in [0, 0.05) is 60.3 Å². The molecule has 1 radical (unpaired) electrons. The van der Waals surface area contributed by atoms with Crippen LogP contribution in [0.3, 0.4) is 0 Å². The predicted octanol–water partition coefficient (Wildman–Crippen LogP) is -2.11. The van der Waals surface area contributed by atoms with Gasteiger partial charge in [-0.3, -0.25) is 0 Å². The minimum atomic E-state index is 0. The Morgan fingerprint density at radius 2 is 1.00 bits per heavy atom. The van der Waals surface area contributed by atoms with Gasteiger partial charge in [0.05, 0.1) is 0 Å². The van der Waals surface area contributed by atoms with Gasteiger partial charge in [-0.1, -0.05) is 0 Å². The molecule has 0 spiro atoms. The maximum absolute atomic E-state index is 0. The zero-order valence-electron chi connectivity index (χ0n) is 1.29. The first-order chi connectivity index (χ1) is 0. The minimum Gasteiger partial charge on any atom is 0 e. The second kappa shape index (κ2) is 26.9. The molecule has 0 N–H and O–H groups in total. The van der Waals surface area contributed by atoms with Crippen LogP contribution in [0.15, 0.2) is 0 Å². The molecule has 0 aliphatic carbocycles. The van der Waals surface area contributed by atoms with Crippen LogP contribution in [-0.4, -0.2) is 40.4 Å². The Kier molecular flexibility index (Phi) is 223. The Labute approximate surface area is 98.9 Å². The zero-order chi connectivity index (χ0) is 0. The molecule has 0 aliphatic heterocycles. The Morgan fingerprint density at radius 3 is 1.00 bits per heavy atom. The number of hydrogen-bond donors (Lipinski definition) is 0. The van der Waals surface area contributed by atoms with E-state index < -0.39 is 0 Å². The van der Waals surface area contributed by atoms with Gasteiger partial charge in [-0.2, -0.15) is 0 Å². The maximum Gasteiger partial charge on any atom is 0.316 e. The molecule has 0 bridgehead atoms. The van der Waals surface area contributed by atoms with Gasteiger partial charge in [0.25, 0.3) is 0 Å². The zero-order valence-corrected chi connectivity index (χ0v) is 7.33. The van der Waals surface area contributed by atoms with Crippen molar-refractivity contribution in [1.29, 1.82) is 0 Å². The third kappa shape index (κ3) is 19.0. The molecule has 5 heteroatoms. The largest absolute Gasteiger partial charge is 0.316 e. The summed E-state index contributed by atoms with van der Waals surface area (Å²) < 4.78 is 0. The van der Waals surface area contributed by atoms with Crippen LogP contribution in [0.4, 0.5) is 0 Å². The van der Waals surface area contributed by atoms with E-state index in [-0.39, 0.29) is 101 Å². The topological polar surface area (TPSA) is 0 Å². The third-order valence-electron chi connectivity index (χ3n) is 0. The SMILES string of the molecule is [AlH3].[Cr].[Hf].[MgH2].[Mn]. The molecule has 5 heavy (non-hydrogen) atoms. The summed E-state index contributed by atoms with van der Waals surface area (Å²) in [6.45, 7) is 0. The van der Waals surface area contributed by atoms with Gasteiger partial charge in [-0.15, -0.1) is 0 Å². The van der Waals surface area contributed by atoms with E-state index >= 15 is 0 Å². The fraction of sp³-hybridized carbons (Fsp3) is 0. The standard InChI is InChI=1S/Al.Cr.Hf.Mg.Mn.5H. The molecular weight excluding hydrogens is 337 g/mol. The molecule has 27 valence electrons. The van der Waals surface area contributed by atoms with E-state index in [1.807, 2.05) is 0 Å². The van der Waals surface area contributed by atoms with Crippen LogP contribution in [0.2, 0.25) is 0 Å². The van der Waals surface area contributed by atoms with Crippen molar-refractivity contribution in [1.82, 2.24) is 0 Å². The fourth-order valence-corrected chi connectivity index (χ4v) is 0. The van der Waals surface area contributed by atoms with Crippen molar-refractivity contribution in [2.75, 3.05) is 0 Å². The van der Waals surface area contributed by atoms with E-state index in [4.69, 9.17) is 0 Å². The summed E-state index contributed by atoms with van der Waals surface area (Å²) in [5.74, 6) is 0. The molecule has 0 unspecified atom stereocenters. The van der Waals surface area contributed by atoms with Gasteiger partial charge in [0.1, 0.15) is 0 Å². The van der Waals surface area contributed by atoms with Crippen LogP contribution in [-0.2, 0) is 60.3 Å². The first-order valence-corrected chi connectivity index (χ1v) is 0. The molecule has 0 aliphatic rings. The molecule has 0 saturated carbocycles. The number of rotatable bonds is 0. The molecule has 0 fully saturated rings. The van der Waals surface area contributed by atoms with Crippen LogP contribution in [0.1, 0.15) is 0 Å². The molecular formula is H5AlCrHfMgMn. The van der Waals surface area contributed by atoms with Gasteiger partial charge >= 0.3 is 23.1 Å². The first-order valence-electron chi connectivity index (χ1n) is 0. The fourth-order valence-electron chi connectivity index (χ4n) is 0. The first kappa shape index (κ1) is 41.3. The van der Waals surface area contributed by atoms with E-state index in [0.29, 0.717) is 0 Å². The summed E-state index contributed by atoms with van der Waals surface area (Å²) in [5, 5.41) is 0. The van der Waals surface area contributed by atoms with E-state index in [1.165, 1.54) is 0 Å². The summed E-state index contributed by atoms with van der Waals surface area (Å²) in [7, 11) is 0.